The van der Waals surface area contributed by atoms with Gasteiger partial charge in [0.25, 0.3) is 0 Å². The van der Waals surface area contributed by atoms with Gasteiger partial charge in [-0.05, 0) is 57.2 Å². The van der Waals surface area contributed by atoms with E-state index in [4.69, 9.17) is 0 Å². The molecule has 2 heteroatoms. The highest BCUT2D eigenvalue weighted by molar-refractivity contribution is 4.91. The summed E-state index contributed by atoms with van der Waals surface area (Å²) in [5.41, 5.74) is 0.581. The van der Waals surface area contributed by atoms with Gasteiger partial charge in [-0.2, -0.15) is 0 Å². The molecule has 2 aliphatic rings. The Morgan fingerprint density at radius 1 is 1.11 bits per heavy atom. The Bertz CT molecular complexity index is 239. The van der Waals surface area contributed by atoms with Gasteiger partial charge in [0.1, 0.15) is 0 Å². The predicted octanol–water partition coefficient (Wildman–Crippen LogP) is 3.42. The first-order valence-corrected chi connectivity index (χ1v) is 8.10. The van der Waals surface area contributed by atoms with Crippen LogP contribution in [0.2, 0.25) is 0 Å². The summed E-state index contributed by atoms with van der Waals surface area (Å²) >= 11 is 0. The number of rotatable bonds is 4. The molecular formula is C16H32N2. The largest absolute Gasteiger partial charge is 0.312 e. The van der Waals surface area contributed by atoms with Crippen molar-refractivity contribution in [1.29, 1.82) is 0 Å². The average Bonchev–Trinajstić information content (AvgIpc) is 2.37. The number of likely N-dealkylation sites (tertiary alicyclic amines) is 1. The zero-order valence-corrected chi connectivity index (χ0v) is 12.7. The Morgan fingerprint density at radius 3 is 2.44 bits per heavy atom. The molecule has 2 nitrogen and oxygen atoms in total. The van der Waals surface area contributed by atoms with Crippen molar-refractivity contribution in [1.82, 2.24) is 10.2 Å². The van der Waals surface area contributed by atoms with Crippen molar-refractivity contribution in [2.45, 2.75) is 77.8 Å². The molecule has 1 N–H and O–H groups in total. The molecule has 0 aromatic carbocycles. The van der Waals surface area contributed by atoms with Gasteiger partial charge in [-0.15, -0.1) is 0 Å². The van der Waals surface area contributed by atoms with E-state index in [9.17, 15) is 0 Å². The molecule has 2 unspecified atom stereocenters. The van der Waals surface area contributed by atoms with E-state index in [1.807, 2.05) is 0 Å². The Morgan fingerprint density at radius 2 is 1.78 bits per heavy atom. The van der Waals surface area contributed by atoms with E-state index in [-0.39, 0.29) is 0 Å². The van der Waals surface area contributed by atoms with Crippen molar-refractivity contribution in [2.24, 2.45) is 5.41 Å². The van der Waals surface area contributed by atoms with Crippen LogP contribution in [0.15, 0.2) is 0 Å². The maximum Gasteiger partial charge on any atom is 0.0249 e. The number of piperidine rings is 1. The summed E-state index contributed by atoms with van der Waals surface area (Å²) in [6.07, 6.45) is 9.70. The molecule has 1 saturated heterocycles. The summed E-state index contributed by atoms with van der Waals surface area (Å²) in [7, 11) is 0. The second-order valence-corrected chi connectivity index (χ2v) is 7.11. The number of nitrogens with one attached hydrogen (secondary N) is 1. The summed E-state index contributed by atoms with van der Waals surface area (Å²) in [6, 6.07) is 1.58. The summed E-state index contributed by atoms with van der Waals surface area (Å²) in [6.45, 7) is 11.0. The molecule has 0 aromatic rings. The molecule has 0 aromatic heterocycles. The Balaban J connectivity index is 1.88. The zero-order chi connectivity index (χ0) is 13.0. The molecule has 0 spiro atoms. The van der Waals surface area contributed by atoms with E-state index < -0.39 is 0 Å². The van der Waals surface area contributed by atoms with Crippen LogP contribution in [0.25, 0.3) is 0 Å². The molecule has 0 bridgehead atoms. The molecule has 2 atom stereocenters. The number of hydrogen-bond donors (Lipinski definition) is 1. The molecule has 18 heavy (non-hydrogen) atoms. The molecule has 1 aliphatic heterocycles. The van der Waals surface area contributed by atoms with Gasteiger partial charge in [0.15, 0.2) is 0 Å². The zero-order valence-electron chi connectivity index (χ0n) is 12.7. The van der Waals surface area contributed by atoms with Crippen molar-refractivity contribution in [3.05, 3.63) is 0 Å². The maximum atomic E-state index is 3.80. The third kappa shape index (κ3) is 3.71. The first-order valence-electron chi connectivity index (χ1n) is 8.10. The molecular weight excluding hydrogens is 220 g/mol. The summed E-state index contributed by atoms with van der Waals surface area (Å²) in [4.78, 5) is 2.79. The Kier molecular flexibility index (Phi) is 5.08. The lowest BCUT2D eigenvalue weighted by molar-refractivity contribution is 0.0584. The normalized spacial score (nSPS) is 33.5. The van der Waals surface area contributed by atoms with E-state index in [0.29, 0.717) is 5.41 Å². The van der Waals surface area contributed by atoms with Gasteiger partial charge in [0.05, 0.1) is 0 Å². The molecule has 2 fully saturated rings. The lowest BCUT2D eigenvalue weighted by Gasteiger charge is -2.45. The third-order valence-electron chi connectivity index (χ3n) is 5.01. The predicted molar refractivity (Wildman–Crippen MR) is 78.9 cm³/mol. The Hall–Kier alpha value is -0.0800. The standard InChI is InChI=1S/C16H32N2/c1-4-11-17-14-7-5-6-8-15(14)18-12-9-16(2,3)10-13-18/h14-15,17H,4-13H2,1-3H3. The summed E-state index contributed by atoms with van der Waals surface area (Å²) < 4.78 is 0. The van der Waals surface area contributed by atoms with Crippen LogP contribution in [0.1, 0.15) is 65.7 Å². The van der Waals surface area contributed by atoms with Crippen LogP contribution < -0.4 is 5.32 Å². The topological polar surface area (TPSA) is 15.3 Å². The SMILES string of the molecule is CCCNC1CCCCC1N1CCC(C)(C)CC1. The van der Waals surface area contributed by atoms with Gasteiger partial charge in [0, 0.05) is 12.1 Å². The fourth-order valence-electron chi connectivity index (χ4n) is 3.58. The van der Waals surface area contributed by atoms with Crippen LogP contribution in [0, 0.1) is 5.41 Å². The van der Waals surface area contributed by atoms with E-state index in [1.54, 1.807) is 0 Å². The van der Waals surface area contributed by atoms with Crippen LogP contribution in [-0.4, -0.2) is 36.6 Å². The monoisotopic (exact) mass is 252 g/mol. The van der Waals surface area contributed by atoms with Crippen molar-refractivity contribution < 1.29 is 0 Å². The summed E-state index contributed by atoms with van der Waals surface area (Å²) in [5.74, 6) is 0. The fraction of sp³-hybridized carbons (Fsp3) is 1.00. The molecule has 2 rings (SSSR count). The highest BCUT2D eigenvalue weighted by Crippen LogP contribution is 2.33. The van der Waals surface area contributed by atoms with Gasteiger partial charge < -0.3 is 5.32 Å². The van der Waals surface area contributed by atoms with Crippen molar-refractivity contribution in [3.63, 3.8) is 0 Å². The van der Waals surface area contributed by atoms with E-state index in [0.717, 1.165) is 12.1 Å². The van der Waals surface area contributed by atoms with E-state index >= 15 is 0 Å². The lowest BCUT2D eigenvalue weighted by Crippen LogP contribution is -2.54. The van der Waals surface area contributed by atoms with Crippen molar-refractivity contribution in [2.75, 3.05) is 19.6 Å². The highest BCUT2D eigenvalue weighted by atomic mass is 15.2. The molecule has 0 radical (unpaired) electrons. The van der Waals surface area contributed by atoms with Crippen LogP contribution in [0.4, 0.5) is 0 Å². The van der Waals surface area contributed by atoms with Gasteiger partial charge in [0.2, 0.25) is 0 Å². The minimum absolute atomic E-state index is 0.581. The highest BCUT2D eigenvalue weighted by Gasteiger charge is 2.34. The van der Waals surface area contributed by atoms with Gasteiger partial charge in [-0.25, -0.2) is 0 Å². The molecule has 0 amide bonds. The summed E-state index contributed by atoms with van der Waals surface area (Å²) in [5, 5.41) is 3.80. The van der Waals surface area contributed by atoms with Gasteiger partial charge >= 0.3 is 0 Å². The minimum atomic E-state index is 0.581. The second-order valence-electron chi connectivity index (χ2n) is 7.11. The quantitative estimate of drug-likeness (QED) is 0.825. The van der Waals surface area contributed by atoms with Crippen LogP contribution in [0.3, 0.4) is 0 Å². The third-order valence-corrected chi connectivity index (χ3v) is 5.01. The molecule has 106 valence electrons. The second kappa shape index (κ2) is 6.38. The van der Waals surface area contributed by atoms with Gasteiger partial charge in [-0.3, -0.25) is 4.90 Å². The molecule has 1 saturated carbocycles. The number of hydrogen-bond acceptors (Lipinski definition) is 2. The van der Waals surface area contributed by atoms with Gasteiger partial charge in [-0.1, -0.05) is 33.6 Å². The van der Waals surface area contributed by atoms with Crippen molar-refractivity contribution in [3.8, 4) is 0 Å². The van der Waals surface area contributed by atoms with E-state index in [1.165, 1.54) is 64.6 Å². The van der Waals surface area contributed by atoms with Crippen LogP contribution in [-0.2, 0) is 0 Å². The van der Waals surface area contributed by atoms with Crippen LogP contribution >= 0.6 is 0 Å². The average molecular weight is 252 g/mol. The van der Waals surface area contributed by atoms with Crippen molar-refractivity contribution >= 4 is 0 Å². The van der Waals surface area contributed by atoms with E-state index in [2.05, 4.69) is 31.0 Å². The minimum Gasteiger partial charge on any atom is -0.312 e. The number of nitrogens with zero attached hydrogens (tertiary/aromatic N) is 1. The lowest BCUT2D eigenvalue weighted by atomic mass is 9.80. The molecule has 1 aliphatic carbocycles. The fourth-order valence-corrected chi connectivity index (χ4v) is 3.58. The smallest absolute Gasteiger partial charge is 0.0249 e. The Labute approximate surface area is 114 Å². The maximum absolute atomic E-state index is 3.80. The first-order chi connectivity index (χ1) is 8.62. The van der Waals surface area contributed by atoms with Crippen LogP contribution in [0.5, 0.6) is 0 Å². The first kappa shape index (κ1) is 14.3. The molecule has 1 heterocycles.